The Balaban J connectivity index is 2.35. The lowest BCUT2D eigenvalue weighted by atomic mass is 10.1. The van der Waals surface area contributed by atoms with Crippen molar-refractivity contribution in [2.75, 3.05) is 0 Å². The molecule has 5 heteroatoms. The van der Waals surface area contributed by atoms with E-state index in [4.69, 9.17) is 15.7 Å². The number of hydrogen-bond acceptors (Lipinski definition) is 3. The van der Waals surface area contributed by atoms with Gasteiger partial charge in [0.05, 0.1) is 10.0 Å². The third-order valence-corrected chi connectivity index (χ3v) is 3.63. The zero-order chi connectivity index (χ0) is 13.8. The predicted octanol–water partition coefficient (Wildman–Crippen LogP) is 4.33. The number of nitriles is 1. The Hall–Kier alpha value is -1.35. The summed E-state index contributed by atoms with van der Waals surface area (Å²) in [6, 6.07) is 13.0. The second-order valence-electron chi connectivity index (χ2n) is 3.82. The number of nitrogens with zero attached hydrogens (tertiary/aromatic N) is 1. The normalized spacial score (nSPS) is 10.0. The van der Waals surface area contributed by atoms with Crippen molar-refractivity contribution in [2.45, 2.75) is 6.54 Å². The summed E-state index contributed by atoms with van der Waals surface area (Å²) in [5.41, 5.74) is 6.93. The van der Waals surface area contributed by atoms with Gasteiger partial charge in [0.2, 0.25) is 0 Å². The van der Waals surface area contributed by atoms with Crippen molar-refractivity contribution in [2.24, 2.45) is 5.73 Å². The Kier molecular flexibility index (Phi) is 4.59. The molecule has 0 fully saturated rings. The minimum absolute atomic E-state index is 0.400. The van der Waals surface area contributed by atoms with Crippen LogP contribution in [0.15, 0.2) is 45.3 Å². The van der Waals surface area contributed by atoms with Crippen molar-refractivity contribution in [3.8, 4) is 17.6 Å². The summed E-state index contributed by atoms with van der Waals surface area (Å²) < 4.78 is 7.52. The first-order chi connectivity index (χ1) is 9.13. The van der Waals surface area contributed by atoms with E-state index in [-0.39, 0.29) is 0 Å². The highest BCUT2D eigenvalue weighted by atomic mass is 79.9. The monoisotopic (exact) mass is 380 g/mol. The average molecular weight is 382 g/mol. The Morgan fingerprint density at radius 3 is 2.47 bits per heavy atom. The summed E-state index contributed by atoms with van der Waals surface area (Å²) in [6.45, 7) is 0.400. The third-order valence-electron chi connectivity index (χ3n) is 2.51. The topological polar surface area (TPSA) is 59.0 Å². The van der Waals surface area contributed by atoms with E-state index in [9.17, 15) is 0 Å². The van der Waals surface area contributed by atoms with Gasteiger partial charge in [0.15, 0.2) is 0 Å². The average Bonchev–Trinajstić information content (AvgIpc) is 2.42. The highest BCUT2D eigenvalue weighted by molar-refractivity contribution is 9.11. The molecule has 0 heterocycles. The number of halogens is 2. The molecule has 0 bridgehead atoms. The minimum atomic E-state index is 0.400. The van der Waals surface area contributed by atoms with E-state index in [0.29, 0.717) is 23.6 Å². The van der Waals surface area contributed by atoms with Crippen LogP contribution in [0.5, 0.6) is 11.5 Å². The summed E-state index contributed by atoms with van der Waals surface area (Å²) in [4.78, 5) is 0. The molecule has 2 aromatic rings. The van der Waals surface area contributed by atoms with Gasteiger partial charge in [0.1, 0.15) is 17.6 Å². The molecule has 0 unspecified atom stereocenters. The van der Waals surface area contributed by atoms with E-state index >= 15 is 0 Å². The molecule has 0 aliphatic heterocycles. The molecule has 0 spiro atoms. The third kappa shape index (κ3) is 3.35. The quantitative estimate of drug-likeness (QED) is 0.860. The van der Waals surface area contributed by atoms with Crippen molar-refractivity contribution in [3.05, 3.63) is 56.5 Å². The molecular formula is C14H10Br2N2O. The van der Waals surface area contributed by atoms with Crippen LogP contribution in [0.2, 0.25) is 0 Å². The van der Waals surface area contributed by atoms with Gasteiger partial charge in [-0.2, -0.15) is 5.26 Å². The Bertz CT molecular complexity index is 650. The smallest absolute Gasteiger partial charge is 0.145 e. The lowest BCUT2D eigenvalue weighted by Gasteiger charge is -2.10. The van der Waals surface area contributed by atoms with E-state index in [1.54, 1.807) is 12.1 Å². The van der Waals surface area contributed by atoms with Gasteiger partial charge in [0.25, 0.3) is 0 Å². The van der Waals surface area contributed by atoms with E-state index < -0.39 is 0 Å². The van der Waals surface area contributed by atoms with Crippen LogP contribution in [0.1, 0.15) is 11.1 Å². The first-order valence-electron chi connectivity index (χ1n) is 5.50. The number of hydrogen-bond donors (Lipinski definition) is 1. The summed E-state index contributed by atoms with van der Waals surface area (Å²) >= 11 is 6.80. The van der Waals surface area contributed by atoms with Crippen LogP contribution in [-0.2, 0) is 6.54 Å². The second-order valence-corrected chi connectivity index (χ2v) is 5.59. The molecule has 0 saturated heterocycles. The van der Waals surface area contributed by atoms with Crippen molar-refractivity contribution in [3.63, 3.8) is 0 Å². The zero-order valence-electron chi connectivity index (χ0n) is 9.86. The fraction of sp³-hybridized carbons (Fsp3) is 0.0714. The zero-order valence-corrected chi connectivity index (χ0v) is 13.0. The lowest BCUT2D eigenvalue weighted by Crippen LogP contribution is -1.97. The van der Waals surface area contributed by atoms with Crippen LogP contribution in [0.3, 0.4) is 0 Å². The van der Waals surface area contributed by atoms with Crippen LogP contribution < -0.4 is 10.5 Å². The highest BCUT2D eigenvalue weighted by Gasteiger charge is 2.08. The molecule has 2 aromatic carbocycles. The molecule has 0 aliphatic rings. The molecule has 0 aliphatic carbocycles. The van der Waals surface area contributed by atoms with Crippen LogP contribution in [-0.4, -0.2) is 0 Å². The van der Waals surface area contributed by atoms with E-state index in [0.717, 1.165) is 14.5 Å². The Labute approximate surface area is 128 Å². The molecule has 0 radical (unpaired) electrons. The van der Waals surface area contributed by atoms with Crippen LogP contribution in [0.25, 0.3) is 0 Å². The molecule has 2 rings (SSSR count). The van der Waals surface area contributed by atoms with Crippen molar-refractivity contribution in [1.29, 1.82) is 5.26 Å². The first-order valence-corrected chi connectivity index (χ1v) is 7.08. The van der Waals surface area contributed by atoms with E-state index in [2.05, 4.69) is 37.9 Å². The van der Waals surface area contributed by atoms with Gasteiger partial charge in [-0.3, -0.25) is 0 Å². The number of ether oxygens (including phenoxy) is 1. The van der Waals surface area contributed by atoms with Crippen LogP contribution in [0.4, 0.5) is 0 Å². The molecule has 0 aromatic heterocycles. The Morgan fingerprint density at radius 1 is 1.11 bits per heavy atom. The van der Waals surface area contributed by atoms with Gasteiger partial charge in [0, 0.05) is 11.0 Å². The Morgan fingerprint density at radius 2 is 1.84 bits per heavy atom. The number of nitrogens with two attached hydrogens (primary N) is 1. The first kappa shape index (κ1) is 14.1. The summed E-state index contributed by atoms with van der Waals surface area (Å²) in [5.74, 6) is 1.17. The largest absolute Gasteiger partial charge is 0.455 e. The highest BCUT2D eigenvalue weighted by Crippen LogP contribution is 2.33. The van der Waals surface area contributed by atoms with Gasteiger partial charge >= 0.3 is 0 Å². The van der Waals surface area contributed by atoms with Crippen molar-refractivity contribution < 1.29 is 4.74 Å². The van der Waals surface area contributed by atoms with Gasteiger partial charge < -0.3 is 10.5 Å². The number of rotatable bonds is 3. The second kappa shape index (κ2) is 6.20. The van der Waals surface area contributed by atoms with Gasteiger partial charge in [-0.15, -0.1) is 0 Å². The van der Waals surface area contributed by atoms with Crippen LogP contribution >= 0.6 is 31.9 Å². The van der Waals surface area contributed by atoms with Crippen molar-refractivity contribution in [1.82, 2.24) is 0 Å². The van der Waals surface area contributed by atoms with Crippen LogP contribution in [0, 0.1) is 11.3 Å². The summed E-state index contributed by atoms with van der Waals surface area (Å²) in [5, 5.41) is 9.14. The fourth-order valence-electron chi connectivity index (χ4n) is 1.56. The van der Waals surface area contributed by atoms with E-state index in [1.165, 1.54) is 0 Å². The van der Waals surface area contributed by atoms with Gasteiger partial charge in [-0.1, -0.05) is 22.0 Å². The molecular weight excluding hydrogens is 372 g/mol. The fourth-order valence-corrected chi connectivity index (χ4v) is 2.68. The maximum absolute atomic E-state index is 9.14. The molecule has 0 saturated carbocycles. The maximum Gasteiger partial charge on any atom is 0.145 e. The molecule has 3 nitrogen and oxygen atoms in total. The van der Waals surface area contributed by atoms with Crippen molar-refractivity contribution >= 4 is 31.9 Å². The SMILES string of the molecule is N#Cc1cc(CN)ccc1Oc1ccc(Br)cc1Br. The lowest BCUT2D eigenvalue weighted by molar-refractivity contribution is 0.477. The number of benzene rings is 2. The molecule has 0 amide bonds. The minimum Gasteiger partial charge on any atom is -0.455 e. The molecule has 2 N–H and O–H groups in total. The molecule has 0 atom stereocenters. The summed E-state index contributed by atoms with van der Waals surface area (Å²) in [7, 11) is 0. The molecule has 19 heavy (non-hydrogen) atoms. The summed E-state index contributed by atoms with van der Waals surface area (Å²) in [6.07, 6.45) is 0. The van der Waals surface area contributed by atoms with E-state index in [1.807, 2.05) is 24.3 Å². The van der Waals surface area contributed by atoms with Gasteiger partial charge in [-0.05, 0) is 51.8 Å². The standard InChI is InChI=1S/C14H10Br2N2O/c15-11-2-4-14(12(16)6-11)19-13-3-1-9(7-17)5-10(13)8-18/h1-6H,7,17H2. The van der Waals surface area contributed by atoms with Gasteiger partial charge in [-0.25, -0.2) is 0 Å². The predicted molar refractivity (Wildman–Crippen MR) is 81.0 cm³/mol. The maximum atomic E-state index is 9.14. The molecule has 96 valence electrons.